The van der Waals surface area contributed by atoms with Gasteiger partial charge in [0.25, 0.3) is 0 Å². The number of amides is 2. The van der Waals surface area contributed by atoms with Gasteiger partial charge >= 0.3 is 6.03 Å². The number of carbonyl (C=O) groups is 1. The van der Waals surface area contributed by atoms with Gasteiger partial charge in [-0.3, -0.25) is 5.21 Å². The monoisotopic (exact) mass is 325 g/mol. The van der Waals surface area contributed by atoms with Gasteiger partial charge in [0.1, 0.15) is 0 Å². The molecule has 2 N–H and O–H groups in total. The first-order valence-electron chi connectivity index (χ1n) is 7.62. The summed E-state index contributed by atoms with van der Waals surface area (Å²) in [5, 5.41) is 14.4. The van der Waals surface area contributed by atoms with E-state index >= 15 is 0 Å². The fraction of sp³-hybridized carbons (Fsp3) is 0.562. The molecule has 1 aromatic rings. The number of piperidine rings is 1. The lowest BCUT2D eigenvalue weighted by molar-refractivity contribution is -0.0919. The van der Waals surface area contributed by atoms with Crippen LogP contribution in [-0.2, 0) is 0 Å². The quantitative estimate of drug-likeness (QED) is 0.663. The Hall–Kier alpha value is -1.30. The van der Waals surface area contributed by atoms with Gasteiger partial charge in [0.15, 0.2) is 0 Å². The number of nitrogens with zero attached hydrogens (tertiary/aromatic N) is 2. The van der Waals surface area contributed by atoms with Gasteiger partial charge < -0.3 is 10.2 Å². The predicted molar refractivity (Wildman–Crippen MR) is 87.3 cm³/mol. The molecule has 6 heteroatoms. The van der Waals surface area contributed by atoms with Gasteiger partial charge in [0.05, 0.1) is 12.1 Å². The molecule has 0 spiro atoms. The number of halogens is 1. The highest BCUT2D eigenvalue weighted by molar-refractivity contribution is 6.32. The van der Waals surface area contributed by atoms with Crippen LogP contribution in [0.15, 0.2) is 18.2 Å². The molecular weight excluding hydrogens is 302 g/mol. The van der Waals surface area contributed by atoms with E-state index in [2.05, 4.69) is 10.2 Å². The summed E-state index contributed by atoms with van der Waals surface area (Å²) in [4.78, 5) is 14.4. The highest BCUT2D eigenvalue weighted by Gasteiger charge is 2.27. The van der Waals surface area contributed by atoms with E-state index < -0.39 is 6.03 Å². The van der Waals surface area contributed by atoms with E-state index in [9.17, 15) is 10.0 Å². The van der Waals surface area contributed by atoms with E-state index in [-0.39, 0.29) is 12.1 Å². The molecule has 2 amide bonds. The third kappa shape index (κ3) is 3.91. The second-order valence-electron chi connectivity index (χ2n) is 6.03. The van der Waals surface area contributed by atoms with E-state index in [0.29, 0.717) is 5.02 Å². The molecule has 1 heterocycles. The lowest BCUT2D eigenvalue weighted by Crippen LogP contribution is -2.48. The fourth-order valence-corrected chi connectivity index (χ4v) is 3.03. The molecule has 0 aromatic heterocycles. The number of rotatable bonds is 3. The van der Waals surface area contributed by atoms with Crippen LogP contribution < -0.4 is 5.32 Å². The number of aryl methyl sites for hydroxylation is 1. The van der Waals surface area contributed by atoms with Crippen molar-refractivity contribution in [2.45, 2.75) is 38.8 Å². The van der Waals surface area contributed by atoms with Crippen molar-refractivity contribution in [3.8, 4) is 0 Å². The van der Waals surface area contributed by atoms with Gasteiger partial charge in [-0.2, -0.15) is 0 Å². The van der Waals surface area contributed by atoms with Crippen LogP contribution >= 0.6 is 11.6 Å². The number of hydrogen-bond acceptors (Lipinski definition) is 3. The number of urea groups is 1. The molecule has 5 nitrogen and oxygen atoms in total. The summed E-state index contributed by atoms with van der Waals surface area (Å²) in [5.41, 5.74) is 1.82. The summed E-state index contributed by atoms with van der Waals surface area (Å²) < 4.78 is 0. The normalized spacial score (nSPS) is 18.0. The summed E-state index contributed by atoms with van der Waals surface area (Å²) in [7, 11) is 2.04. The molecule has 1 unspecified atom stereocenters. The van der Waals surface area contributed by atoms with Crippen molar-refractivity contribution >= 4 is 17.6 Å². The van der Waals surface area contributed by atoms with Crippen molar-refractivity contribution < 1.29 is 10.0 Å². The second kappa shape index (κ2) is 7.31. The van der Waals surface area contributed by atoms with Crippen LogP contribution in [0.1, 0.15) is 36.9 Å². The highest BCUT2D eigenvalue weighted by Crippen LogP contribution is 2.26. The summed E-state index contributed by atoms with van der Waals surface area (Å²) in [6.07, 6.45) is 1.56. The zero-order valence-corrected chi connectivity index (χ0v) is 14.1. The first-order chi connectivity index (χ1) is 10.4. The first-order valence-corrected chi connectivity index (χ1v) is 8.00. The van der Waals surface area contributed by atoms with Crippen LogP contribution in [0.3, 0.4) is 0 Å². The molecular formula is C16H24ClN3O2. The Kier molecular flexibility index (Phi) is 5.67. The second-order valence-corrected chi connectivity index (χ2v) is 6.41. The summed E-state index contributed by atoms with van der Waals surface area (Å²) >= 11 is 6.28. The molecule has 1 fully saturated rings. The topological polar surface area (TPSA) is 55.8 Å². The lowest BCUT2D eigenvalue weighted by Gasteiger charge is -2.33. The summed E-state index contributed by atoms with van der Waals surface area (Å²) in [6.45, 7) is 5.56. The van der Waals surface area contributed by atoms with Crippen LogP contribution in [0.5, 0.6) is 0 Å². The summed E-state index contributed by atoms with van der Waals surface area (Å²) in [6, 6.07) is 4.86. The molecule has 1 aromatic carbocycles. The molecule has 122 valence electrons. The standard InChI is InChI=1S/C16H24ClN3O2/c1-11-5-4-6-14(15(11)17)12(2)18-16(21)20(22)13-7-9-19(3)10-8-13/h4-6,12-13,22H,7-10H2,1-3H3,(H,18,21). The molecule has 2 rings (SSSR count). The van der Waals surface area contributed by atoms with Gasteiger partial charge in [-0.25, -0.2) is 9.86 Å². The lowest BCUT2D eigenvalue weighted by atomic mass is 10.0. The maximum atomic E-state index is 12.2. The van der Waals surface area contributed by atoms with E-state index in [0.717, 1.165) is 42.1 Å². The van der Waals surface area contributed by atoms with Crippen LogP contribution in [0, 0.1) is 6.92 Å². The number of hydroxylamine groups is 2. The maximum Gasteiger partial charge on any atom is 0.341 e. The third-order valence-corrected chi connectivity index (χ3v) is 4.79. The number of likely N-dealkylation sites (tertiary alicyclic amines) is 1. The Morgan fingerprint density at radius 1 is 1.45 bits per heavy atom. The Morgan fingerprint density at radius 3 is 2.73 bits per heavy atom. The van der Waals surface area contributed by atoms with Crippen LogP contribution in [0.2, 0.25) is 5.02 Å². The zero-order valence-electron chi connectivity index (χ0n) is 13.3. The minimum atomic E-state index is -0.473. The highest BCUT2D eigenvalue weighted by atomic mass is 35.5. The molecule has 22 heavy (non-hydrogen) atoms. The molecule has 0 bridgehead atoms. The van der Waals surface area contributed by atoms with Crippen molar-refractivity contribution in [3.05, 3.63) is 34.3 Å². The van der Waals surface area contributed by atoms with E-state index in [1.165, 1.54) is 0 Å². The van der Waals surface area contributed by atoms with Gasteiger partial charge in [0, 0.05) is 5.02 Å². The van der Waals surface area contributed by atoms with E-state index in [1.807, 2.05) is 39.1 Å². The molecule has 1 atom stereocenters. The average molecular weight is 326 g/mol. The average Bonchev–Trinajstić information content (AvgIpc) is 2.50. The molecule has 0 aliphatic carbocycles. The van der Waals surface area contributed by atoms with Crippen molar-refractivity contribution in [1.82, 2.24) is 15.3 Å². The van der Waals surface area contributed by atoms with Gasteiger partial charge in [-0.15, -0.1) is 0 Å². The maximum absolute atomic E-state index is 12.2. The van der Waals surface area contributed by atoms with Gasteiger partial charge in [-0.1, -0.05) is 29.8 Å². The number of nitrogens with one attached hydrogen (secondary N) is 1. The van der Waals surface area contributed by atoms with Crippen molar-refractivity contribution in [2.24, 2.45) is 0 Å². The zero-order chi connectivity index (χ0) is 16.3. The largest absolute Gasteiger partial charge is 0.341 e. The molecule has 1 saturated heterocycles. The van der Waals surface area contributed by atoms with Crippen LogP contribution in [0.25, 0.3) is 0 Å². The van der Waals surface area contributed by atoms with Crippen molar-refractivity contribution in [1.29, 1.82) is 0 Å². The smallest absolute Gasteiger partial charge is 0.330 e. The third-order valence-electron chi connectivity index (χ3n) is 4.27. The Labute approximate surface area is 136 Å². The van der Waals surface area contributed by atoms with E-state index in [1.54, 1.807) is 0 Å². The summed E-state index contributed by atoms with van der Waals surface area (Å²) in [5.74, 6) is 0. The molecule has 1 aliphatic rings. The molecule has 1 aliphatic heterocycles. The van der Waals surface area contributed by atoms with Crippen LogP contribution in [-0.4, -0.2) is 47.4 Å². The van der Waals surface area contributed by atoms with Crippen molar-refractivity contribution in [2.75, 3.05) is 20.1 Å². The minimum absolute atomic E-state index is 0.128. The molecule has 0 radical (unpaired) electrons. The fourth-order valence-electron chi connectivity index (χ4n) is 2.74. The Morgan fingerprint density at radius 2 is 2.09 bits per heavy atom. The van der Waals surface area contributed by atoms with Crippen LogP contribution in [0.4, 0.5) is 4.79 Å². The first kappa shape index (κ1) is 17.1. The predicted octanol–water partition coefficient (Wildman–Crippen LogP) is 3.20. The number of carbonyl (C=O) groups excluding carboxylic acids is 1. The van der Waals surface area contributed by atoms with Crippen molar-refractivity contribution in [3.63, 3.8) is 0 Å². The van der Waals surface area contributed by atoms with Gasteiger partial charge in [-0.05, 0) is 58.0 Å². The molecule has 0 saturated carbocycles. The van der Waals surface area contributed by atoms with Gasteiger partial charge in [0.2, 0.25) is 0 Å². The SMILES string of the molecule is Cc1cccc(C(C)NC(=O)N(O)C2CCN(C)CC2)c1Cl. The number of benzene rings is 1. The Bertz CT molecular complexity index is 530. The number of hydrogen-bond donors (Lipinski definition) is 2. The Balaban J connectivity index is 1.97. The van der Waals surface area contributed by atoms with E-state index in [4.69, 9.17) is 11.6 Å². The minimum Gasteiger partial charge on any atom is -0.330 e.